The minimum Gasteiger partial charge on any atom is -0.328 e. The molecular formula is C13H16ClN3OS2. The number of carbonyl (C=O) groups excluding carboxylic acids is 1. The van der Waals surface area contributed by atoms with Gasteiger partial charge < -0.3 is 11.1 Å². The maximum Gasteiger partial charge on any atom is 0.229 e. The molecule has 3 rings (SSSR count). The van der Waals surface area contributed by atoms with Gasteiger partial charge in [0.2, 0.25) is 5.91 Å². The Morgan fingerprint density at radius 2 is 2.25 bits per heavy atom. The van der Waals surface area contributed by atoms with Gasteiger partial charge in [0.05, 0.1) is 10.6 Å². The second-order valence-corrected chi connectivity index (χ2v) is 6.58. The van der Waals surface area contributed by atoms with Crippen molar-refractivity contribution in [1.82, 2.24) is 4.98 Å². The summed E-state index contributed by atoms with van der Waals surface area (Å²) >= 11 is 3.12. The molecule has 2 aromatic heterocycles. The molecule has 1 aliphatic rings. The van der Waals surface area contributed by atoms with E-state index in [1.54, 1.807) is 11.3 Å². The van der Waals surface area contributed by atoms with Crippen LogP contribution in [0.5, 0.6) is 0 Å². The molecule has 2 atom stereocenters. The number of halogens is 1. The van der Waals surface area contributed by atoms with Crippen LogP contribution in [-0.2, 0) is 4.79 Å². The van der Waals surface area contributed by atoms with Crippen molar-refractivity contribution in [3.63, 3.8) is 0 Å². The highest BCUT2D eigenvalue weighted by atomic mass is 35.5. The molecule has 7 heteroatoms. The Labute approximate surface area is 131 Å². The zero-order valence-electron chi connectivity index (χ0n) is 10.7. The molecule has 0 spiro atoms. The number of aromatic nitrogens is 1. The molecule has 2 aromatic rings. The Morgan fingerprint density at radius 1 is 1.40 bits per heavy atom. The first-order chi connectivity index (χ1) is 9.22. The fourth-order valence-corrected chi connectivity index (χ4v) is 3.80. The number of nitrogens with zero attached hydrogens (tertiary/aromatic N) is 1. The van der Waals surface area contributed by atoms with Crippen LogP contribution >= 0.6 is 35.1 Å². The molecule has 0 aromatic carbocycles. The molecule has 2 unspecified atom stereocenters. The molecule has 108 valence electrons. The maximum absolute atomic E-state index is 12.1. The van der Waals surface area contributed by atoms with Gasteiger partial charge in [0.25, 0.3) is 0 Å². The summed E-state index contributed by atoms with van der Waals surface area (Å²) in [5, 5.41) is 7.57. The van der Waals surface area contributed by atoms with Crippen LogP contribution in [0.4, 0.5) is 5.13 Å². The van der Waals surface area contributed by atoms with Crippen LogP contribution in [0.2, 0.25) is 0 Å². The van der Waals surface area contributed by atoms with Crippen molar-refractivity contribution >= 4 is 46.1 Å². The molecule has 20 heavy (non-hydrogen) atoms. The lowest BCUT2D eigenvalue weighted by Gasteiger charge is -2.08. The molecule has 3 N–H and O–H groups in total. The zero-order chi connectivity index (χ0) is 13.2. The third-order valence-electron chi connectivity index (χ3n) is 3.35. The van der Waals surface area contributed by atoms with E-state index in [2.05, 4.69) is 10.3 Å². The number of carbonyl (C=O) groups is 1. The van der Waals surface area contributed by atoms with Gasteiger partial charge in [-0.15, -0.1) is 35.1 Å². The minimum atomic E-state index is 0. The van der Waals surface area contributed by atoms with Gasteiger partial charge in [-0.25, -0.2) is 4.98 Å². The summed E-state index contributed by atoms with van der Waals surface area (Å²) in [4.78, 5) is 17.6. The number of thiophene rings is 1. The Balaban J connectivity index is 0.00000147. The second-order valence-electron chi connectivity index (χ2n) is 4.77. The molecule has 2 heterocycles. The van der Waals surface area contributed by atoms with E-state index in [1.165, 1.54) is 11.3 Å². The van der Waals surface area contributed by atoms with Crippen molar-refractivity contribution in [2.24, 2.45) is 11.7 Å². The van der Waals surface area contributed by atoms with E-state index in [4.69, 9.17) is 5.73 Å². The first-order valence-corrected chi connectivity index (χ1v) is 8.04. The summed E-state index contributed by atoms with van der Waals surface area (Å²) in [6, 6.07) is 4.20. The lowest BCUT2D eigenvalue weighted by molar-refractivity contribution is -0.119. The molecule has 0 saturated heterocycles. The van der Waals surface area contributed by atoms with Gasteiger partial charge in [-0.05, 0) is 30.7 Å². The van der Waals surface area contributed by atoms with Crippen LogP contribution in [0, 0.1) is 5.92 Å². The van der Waals surface area contributed by atoms with Crippen LogP contribution in [0.1, 0.15) is 19.3 Å². The average molecular weight is 330 g/mol. The molecule has 1 fully saturated rings. The monoisotopic (exact) mass is 329 g/mol. The standard InChI is InChI=1S/C13H15N3OS2.ClH/c14-9-4-3-8(6-9)12(17)16-13-15-10(7-19-13)11-2-1-5-18-11;/h1-2,5,7-9H,3-4,6,14H2,(H,15,16,17);1H. The molecule has 0 aliphatic heterocycles. The van der Waals surface area contributed by atoms with E-state index in [-0.39, 0.29) is 30.3 Å². The van der Waals surface area contributed by atoms with Crippen LogP contribution < -0.4 is 11.1 Å². The highest BCUT2D eigenvalue weighted by molar-refractivity contribution is 7.16. The van der Waals surface area contributed by atoms with Crippen molar-refractivity contribution in [3.05, 3.63) is 22.9 Å². The lowest BCUT2D eigenvalue weighted by atomic mass is 10.1. The first-order valence-electron chi connectivity index (χ1n) is 6.28. The summed E-state index contributed by atoms with van der Waals surface area (Å²) in [7, 11) is 0. The number of hydrogen-bond donors (Lipinski definition) is 2. The lowest BCUT2D eigenvalue weighted by Crippen LogP contribution is -2.23. The van der Waals surface area contributed by atoms with E-state index in [9.17, 15) is 4.79 Å². The van der Waals surface area contributed by atoms with Crippen molar-refractivity contribution in [2.75, 3.05) is 5.32 Å². The molecular weight excluding hydrogens is 314 g/mol. The predicted octanol–water partition coefficient (Wildman–Crippen LogP) is 3.36. The van der Waals surface area contributed by atoms with Crippen molar-refractivity contribution < 1.29 is 4.79 Å². The Morgan fingerprint density at radius 3 is 2.90 bits per heavy atom. The average Bonchev–Trinajstić information content (AvgIpc) is 3.07. The fraction of sp³-hybridized carbons (Fsp3) is 0.385. The van der Waals surface area contributed by atoms with E-state index >= 15 is 0 Å². The van der Waals surface area contributed by atoms with Crippen molar-refractivity contribution in [3.8, 4) is 10.6 Å². The highest BCUT2D eigenvalue weighted by Gasteiger charge is 2.28. The van der Waals surface area contributed by atoms with Gasteiger partial charge in [0.1, 0.15) is 0 Å². The maximum atomic E-state index is 12.1. The molecule has 1 amide bonds. The number of rotatable bonds is 3. The van der Waals surface area contributed by atoms with Crippen LogP contribution in [0.15, 0.2) is 22.9 Å². The number of thiazole rings is 1. The second kappa shape index (κ2) is 6.67. The van der Waals surface area contributed by atoms with E-state index in [1.807, 2.05) is 22.9 Å². The number of amides is 1. The SMILES string of the molecule is Cl.NC1CCC(C(=O)Nc2nc(-c3cccs3)cs2)C1. The first kappa shape index (κ1) is 15.4. The van der Waals surface area contributed by atoms with Crippen molar-refractivity contribution in [1.29, 1.82) is 0 Å². The number of hydrogen-bond acceptors (Lipinski definition) is 5. The van der Waals surface area contributed by atoms with Gasteiger partial charge in [-0.1, -0.05) is 6.07 Å². The predicted molar refractivity (Wildman–Crippen MR) is 86.6 cm³/mol. The van der Waals surface area contributed by atoms with Gasteiger partial charge in [-0.3, -0.25) is 4.79 Å². The summed E-state index contributed by atoms with van der Waals surface area (Å²) in [5.74, 6) is 0.101. The number of nitrogens with two attached hydrogens (primary N) is 1. The van der Waals surface area contributed by atoms with E-state index in [0.717, 1.165) is 29.8 Å². The molecule has 0 radical (unpaired) electrons. The van der Waals surface area contributed by atoms with Gasteiger partial charge in [0.15, 0.2) is 5.13 Å². The molecule has 4 nitrogen and oxygen atoms in total. The Hall–Kier alpha value is -0.950. The zero-order valence-corrected chi connectivity index (χ0v) is 13.2. The van der Waals surface area contributed by atoms with Gasteiger partial charge in [0, 0.05) is 17.3 Å². The van der Waals surface area contributed by atoms with Crippen molar-refractivity contribution in [2.45, 2.75) is 25.3 Å². The summed E-state index contributed by atoms with van der Waals surface area (Å²) in [6.07, 6.45) is 2.61. The summed E-state index contributed by atoms with van der Waals surface area (Å²) in [6.45, 7) is 0. The third kappa shape index (κ3) is 3.38. The largest absolute Gasteiger partial charge is 0.328 e. The Kier molecular flexibility index (Phi) is 5.15. The topological polar surface area (TPSA) is 68.0 Å². The Bertz CT molecular complexity index is 570. The highest BCUT2D eigenvalue weighted by Crippen LogP contribution is 2.30. The van der Waals surface area contributed by atoms with E-state index < -0.39 is 0 Å². The quantitative estimate of drug-likeness (QED) is 0.907. The number of nitrogens with one attached hydrogen (secondary N) is 1. The molecule has 0 bridgehead atoms. The minimum absolute atomic E-state index is 0. The van der Waals surface area contributed by atoms with E-state index in [0.29, 0.717) is 5.13 Å². The fourth-order valence-electron chi connectivity index (χ4n) is 2.33. The summed E-state index contributed by atoms with van der Waals surface area (Å²) in [5.41, 5.74) is 6.76. The van der Waals surface area contributed by atoms with Gasteiger partial charge in [-0.2, -0.15) is 0 Å². The number of anilines is 1. The third-order valence-corrected chi connectivity index (χ3v) is 5.00. The molecule has 1 saturated carbocycles. The van der Waals surface area contributed by atoms with Crippen LogP contribution in [-0.4, -0.2) is 16.9 Å². The van der Waals surface area contributed by atoms with Crippen LogP contribution in [0.3, 0.4) is 0 Å². The normalized spacial score (nSPS) is 21.4. The smallest absolute Gasteiger partial charge is 0.229 e. The van der Waals surface area contributed by atoms with Gasteiger partial charge >= 0.3 is 0 Å². The summed E-state index contributed by atoms with van der Waals surface area (Å²) < 4.78 is 0. The van der Waals surface area contributed by atoms with Crippen LogP contribution in [0.25, 0.3) is 10.6 Å². The molecule has 1 aliphatic carbocycles.